The zero-order valence-electron chi connectivity index (χ0n) is 23.3. The minimum Gasteiger partial charge on any atom is -0.494 e. The summed E-state index contributed by atoms with van der Waals surface area (Å²) in [6, 6.07) is 13.8. The molecule has 1 aliphatic carbocycles. The second-order valence-electron chi connectivity index (χ2n) is 11.5. The van der Waals surface area contributed by atoms with Crippen molar-refractivity contribution in [1.82, 2.24) is 28.8 Å². The van der Waals surface area contributed by atoms with E-state index in [1.54, 1.807) is 23.9 Å². The van der Waals surface area contributed by atoms with E-state index in [9.17, 15) is 9.18 Å². The molecule has 0 spiro atoms. The summed E-state index contributed by atoms with van der Waals surface area (Å²) >= 11 is 0. The lowest BCUT2D eigenvalue weighted by atomic mass is 10.0. The molecule has 2 fully saturated rings. The number of aromatic nitrogens is 5. The van der Waals surface area contributed by atoms with Gasteiger partial charge in [0.25, 0.3) is 5.91 Å². The van der Waals surface area contributed by atoms with Gasteiger partial charge in [0.1, 0.15) is 17.4 Å². The average molecular weight is 556 g/mol. The molecule has 7 rings (SSSR count). The van der Waals surface area contributed by atoms with Crippen LogP contribution in [0.4, 0.5) is 4.39 Å². The smallest absolute Gasteiger partial charge is 0.254 e. The number of para-hydroxylation sites is 1. The lowest BCUT2D eigenvalue weighted by Crippen LogP contribution is -2.50. The lowest BCUT2D eigenvalue weighted by Gasteiger charge is -2.33. The number of alkyl halides is 1. The summed E-state index contributed by atoms with van der Waals surface area (Å²) in [7, 11) is 3.50. The molecular formula is C31H34FN7O2. The van der Waals surface area contributed by atoms with E-state index in [0.717, 1.165) is 34.5 Å². The van der Waals surface area contributed by atoms with Crippen molar-refractivity contribution < 1.29 is 13.9 Å². The number of hydrogen-bond acceptors (Lipinski definition) is 5. The van der Waals surface area contributed by atoms with Crippen LogP contribution in [-0.4, -0.2) is 67.1 Å². The highest BCUT2D eigenvalue weighted by atomic mass is 19.1. The second kappa shape index (κ2) is 10.0. The molecule has 2 aliphatic rings. The van der Waals surface area contributed by atoms with Gasteiger partial charge in [-0.2, -0.15) is 5.10 Å². The molecule has 2 aromatic carbocycles. The van der Waals surface area contributed by atoms with Gasteiger partial charge in [-0.1, -0.05) is 18.2 Å². The number of rotatable bonds is 7. The van der Waals surface area contributed by atoms with Crippen molar-refractivity contribution >= 4 is 27.8 Å². The van der Waals surface area contributed by atoms with Gasteiger partial charge < -0.3 is 24.5 Å². The van der Waals surface area contributed by atoms with E-state index in [-0.39, 0.29) is 24.9 Å². The first-order chi connectivity index (χ1) is 19.9. The predicted molar refractivity (Wildman–Crippen MR) is 156 cm³/mol. The largest absolute Gasteiger partial charge is 0.494 e. The molecular weight excluding hydrogens is 521 g/mol. The lowest BCUT2D eigenvalue weighted by molar-refractivity contribution is 0.0606. The molecule has 3 aromatic heterocycles. The van der Waals surface area contributed by atoms with Crippen molar-refractivity contribution in [3.8, 4) is 17.3 Å². The molecule has 41 heavy (non-hydrogen) atoms. The Morgan fingerprint density at radius 1 is 1.15 bits per heavy atom. The number of hydrogen-bond donors (Lipinski definition) is 1. The maximum atomic E-state index is 14.3. The molecule has 1 amide bonds. The van der Waals surface area contributed by atoms with Gasteiger partial charge in [0.2, 0.25) is 0 Å². The molecule has 0 unspecified atom stereocenters. The van der Waals surface area contributed by atoms with Crippen LogP contribution in [-0.2, 0) is 20.1 Å². The molecule has 0 radical (unpaired) electrons. The van der Waals surface area contributed by atoms with E-state index in [1.807, 2.05) is 19.4 Å². The van der Waals surface area contributed by atoms with Crippen LogP contribution >= 0.6 is 0 Å². The van der Waals surface area contributed by atoms with Gasteiger partial charge in [0.15, 0.2) is 5.82 Å². The van der Waals surface area contributed by atoms with Crippen LogP contribution in [0.3, 0.4) is 0 Å². The summed E-state index contributed by atoms with van der Waals surface area (Å²) in [6.45, 7) is 1.81. The van der Waals surface area contributed by atoms with Gasteiger partial charge in [-0.3, -0.25) is 9.48 Å². The number of amides is 1. The van der Waals surface area contributed by atoms with E-state index in [4.69, 9.17) is 15.5 Å². The molecule has 4 heterocycles. The Bertz CT molecular complexity index is 1760. The highest BCUT2D eigenvalue weighted by Crippen LogP contribution is 2.38. The standard InChI is InChI=1S/C31H34FN7O2/c1-36-14-20(13-34-36)16-39-29-25(9-22(11-28(29)41-2)31(40)37-17-23(32)12-24(33)18-37)35-30(39)27-10-21-5-3-4-6-26(21)38(27)15-19-7-8-19/h3-6,9-11,13-14,19,23-24H,7-8,12,15-18,33H2,1-2H3/t23-,24-/m1/s1. The van der Waals surface area contributed by atoms with E-state index in [2.05, 4.69) is 44.6 Å². The Kier molecular flexibility index (Phi) is 6.30. The number of nitrogens with two attached hydrogens (primary N) is 1. The first-order valence-corrected chi connectivity index (χ1v) is 14.2. The second-order valence-corrected chi connectivity index (χ2v) is 11.5. The summed E-state index contributed by atoms with van der Waals surface area (Å²) in [5.74, 6) is 1.73. The highest BCUT2D eigenvalue weighted by molar-refractivity contribution is 6.00. The third-order valence-electron chi connectivity index (χ3n) is 8.27. The molecule has 2 atom stereocenters. The molecule has 9 nitrogen and oxygen atoms in total. The number of likely N-dealkylation sites (tertiary alicyclic amines) is 1. The fourth-order valence-electron chi connectivity index (χ4n) is 6.17. The summed E-state index contributed by atoms with van der Waals surface area (Å²) in [5, 5.41) is 5.54. The van der Waals surface area contributed by atoms with E-state index < -0.39 is 6.17 Å². The fourth-order valence-corrected chi connectivity index (χ4v) is 6.17. The maximum Gasteiger partial charge on any atom is 0.254 e. The van der Waals surface area contributed by atoms with E-state index in [0.29, 0.717) is 35.8 Å². The van der Waals surface area contributed by atoms with Crippen molar-refractivity contribution in [2.75, 3.05) is 20.2 Å². The number of imidazole rings is 1. The number of benzene rings is 2. The Labute approximate surface area is 237 Å². The predicted octanol–water partition coefficient (Wildman–Crippen LogP) is 4.37. The average Bonchev–Trinajstić information content (AvgIpc) is 3.41. The quantitative estimate of drug-likeness (QED) is 0.322. The van der Waals surface area contributed by atoms with Crippen LogP contribution in [0, 0.1) is 5.92 Å². The molecule has 2 N–H and O–H groups in total. The number of carbonyl (C=O) groups is 1. The molecule has 5 aromatic rings. The number of aryl methyl sites for hydroxylation is 1. The van der Waals surface area contributed by atoms with Crippen molar-refractivity contribution in [3.63, 3.8) is 0 Å². The number of ether oxygens (including phenoxy) is 1. The van der Waals surface area contributed by atoms with Crippen LogP contribution < -0.4 is 10.5 Å². The third kappa shape index (κ3) is 4.76. The number of carbonyl (C=O) groups excluding carboxylic acids is 1. The summed E-state index contributed by atoms with van der Waals surface area (Å²) < 4.78 is 26.5. The Hall–Kier alpha value is -4.18. The Balaban J connectivity index is 1.41. The SMILES string of the molecule is COc1cc(C(=O)N2C[C@H](N)C[C@@H](F)C2)cc2nc(-c3cc4ccccc4n3CC3CC3)n(Cc3cnn(C)c3)c12. The summed E-state index contributed by atoms with van der Waals surface area (Å²) in [5.41, 5.74) is 11.1. The maximum absolute atomic E-state index is 14.3. The topological polar surface area (TPSA) is 96.1 Å². The van der Waals surface area contributed by atoms with Crippen LogP contribution in [0.1, 0.15) is 35.2 Å². The number of halogens is 1. The highest BCUT2D eigenvalue weighted by Gasteiger charge is 2.31. The number of piperidine rings is 1. The molecule has 1 saturated carbocycles. The zero-order chi connectivity index (χ0) is 28.2. The van der Waals surface area contributed by atoms with Crippen LogP contribution in [0.25, 0.3) is 33.5 Å². The van der Waals surface area contributed by atoms with Crippen molar-refractivity contribution in [2.45, 2.75) is 44.6 Å². The molecule has 1 aliphatic heterocycles. The van der Waals surface area contributed by atoms with Crippen molar-refractivity contribution in [2.24, 2.45) is 18.7 Å². The monoisotopic (exact) mass is 555 g/mol. The first kappa shape index (κ1) is 25.8. The Morgan fingerprint density at radius 3 is 2.71 bits per heavy atom. The van der Waals surface area contributed by atoms with Crippen LogP contribution in [0.5, 0.6) is 5.75 Å². The molecule has 10 heteroatoms. The summed E-state index contributed by atoms with van der Waals surface area (Å²) in [6.07, 6.45) is 5.45. The minimum absolute atomic E-state index is 0.0366. The van der Waals surface area contributed by atoms with Gasteiger partial charge in [-0.25, -0.2) is 9.37 Å². The Morgan fingerprint density at radius 2 is 1.98 bits per heavy atom. The van der Waals surface area contributed by atoms with Crippen molar-refractivity contribution in [1.29, 1.82) is 0 Å². The van der Waals surface area contributed by atoms with Gasteiger partial charge in [0, 0.05) is 54.4 Å². The molecule has 212 valence electrons. The molecule has 1 saturated heterocycles. The minimum atomic E-state index is -1.13. The number of fused-ring (bicyclic) bond motifs is 2. The van der Waals surface area contributed by atoms with Gasteiger partial charge >= 0.3 is 0 Å². The zero-order valence-corrected chi connectivity index (χ0v) is 23.3. The van der Waals surface area contributed by atoms with Gasteiger partial charge in [-0.15, -0.1) is 0 Å². The van der Waals surface area contributed by atoms with Gasteiger partial charge in [-0.05, 0) is 49.4 Å². The first-order valence-electron chi connectivity index (χ1n) is 14.2. The molecule has 0 bridgehead atoms. The normalized spacial score (nSPS) is 19.4. The summed E-state index contributed by atoms with van der Waals surface area (Å²) in [4.78, 5) is 20.2. The number of methoxy groups -OCH3 is 1. The van der Waals surface area contributed by atoms with Crippen LogP contribution in [0.2, 0.25) is 0 Å². The van der Waals surface area contributed by atoms with E-state index >= 15 is 0 Å². The third-order valence-corrected chi connectivity index (χ3v) is 8.27. The van der Waals surface area contributed by atoms with Crippen LogP contribution in [0.15, 0.2) is 54.9 Å². The van der Waals surface area contributed by atoms with E-state index in [1.165, 1.54) is 23.3 Å². The van der Waals surface area contributed by atoms with Gasteiger partial charge in [0.05, 0.1) is 37.6 Å². The number of nitrogens with zero attached hydrogens (tertiary/aromatic N) is 6. The fraction of sp³-hybridized carbons (Fsp3) is 0.387. The van der Waals surface area contributed by atoms with Crippen molar-refractivity contribution in [3.05, 3.63) is 66.0 Å².